The molecule has 9 heteroatoms. The van der Waals surface area contributed by atoms with Crippen LogP contribution in [-0.2, 0) is 0 Å². The van der Waals surface area contributed by atoms with Crippen molar-refractivity contribution in [1.29, 1.82) is 0 Å². The molecule has 4 aromatic carbocycles. The Morgan fingerprint density at radius 2 is 1.02 bits per heavy atom. The molecular weight excluding hydrogens is 572 g/mol. The molecule has 0 bridgehead atoms. The van der Waals surface area contributed by atoms with Crippen molar-refractivity contribution in [3.8, 4) is 22.6 Å². The number of Topliss-reactive ketones (excluding diaryl/α,β-unsaturated/α-hetero) is 1. The standard InChI is InChI=1S/C36H36N2O7/c1-35(2,3)31(39)27-17-7-21(19-29(27)33(41)42)22-8-18-28(30(20-22)34(43)44)32(40)37-23-9-13-25(14-10-23)45-26-15-11-24(12-16-26)38-36(4,5)6/h7-20,38H,1-6H3,(H,37,40)(H,41,42)(H,43,44). The smallest absolute Gasteiger partial charge is 0.336 e. The third-order valence-corrected chi connectivity index (χ3v) is 6.73. The fraction of sp³-hybridized carbons (Fsp3) is 0.222. The number of carboxylic acids is 2. The summed E-state index contributed by atoms with van der Waals surface area (Å²) in [4.78, 5) is 50.1. The van der Waals surface area contributed by atoms with Gasteiger partial charge in [-0.05, 0) is 105 Å². The van der Waals surface area contributed by atoms with Crippen LogP contribution in [0.4, 0.5) is 11.4 Å². The van der Waals surface area contributed by atoms with Crippen molar-refractivity contribution in [2.45, 2.75) is 47.1 Å². The number of anilines is 2. The molecule has 4 N–H and O–H groups in total. The molecule has 0 aliphatic carbocycles. The van der Waals surface area contributed by atoms with Gasteiger partial charge in [-0.2, -0.15) is 0 Å². The van der Waals surface area contributed by atoms with Gasteiger partial charge >= 0.3 is 11.9 Å². The number of nitrogens with one attached hydrogen (secondary N) is 2. The van der Waals surface area contributed by atoms with Gasteiger partial charge in [0.05, 0.1) is 16.7 Å². The first kappa shape index (κ1) is 32.5. The van der Waals surface area contributed by atoms with Gasteiger partial charge in [0, 0.05) is 27.9 Å². The lowest BCUT2D eigenvalue weighted by Gasteiger charge is -2.22. The summed E-state index contributed by atoms with van der Waals surface area (Å²) in [6, 6.07) is 22.8. The zero-order valence-corrected chi connectivity index (χ0v) is 26.0. The van der Waals surface area contributed by atoms with Crippen molar-refractivity contribution in [1.82, 2.24) is 0 Å². The van der Waals surface area contributed by atoms with Crippen LogP contribution in [0.25, 0.3) is 11.1 Å². The fourth-order valence-electron chi connectivity index (χ4n) is 4.58. The largest absolute Gasteiger partial charge is 0.478 e. The van der Waals surface area contributed by atoms with E-state index in [4.69, 9.17) is 4.74 Å². The maximum Gasteiger partial charge on any atom is 0.336 e. The van der Waals surface area contributed by atoms with Crippen molar-refractivity contribution in [3.63, 3.8) is 0 Å². The SMILES string of the molecule is CC(C)(C)Nc1ccc(Oc2ccc(NC(=O)c3ccc(-c4ccc(C(=O)C(C)(C)C)c(C(=O)O)c4)cc3C(=O)O)cc2)cc1. The minimum atomic E-state index is -1.33. The maximum absolute atomic E-state index is 13.1. The lowest BCUT2D eigenvalue weighted by molar-refractivity contribution is 0.0681. The molecule has 1 amide bonds. The molecule has 0 unspecified atom stereocenters. The molecule has 232 valence electrons. The van der Waals surface area contributed by atoms with Gasteiger partial charge in [0.1, 0.15) is 11.5 Å². The van der Waals surface area contributed by atoms with E-state index in [1.807, 2.05) is 24.3 Å². The second-order valence-corrected chi connectivity index (χ2v) is 12.7. The van der Waals surface area contributed by atoms with Crippen molar-refractivity contribution < 1.29 is 34.1 Å². The van der Waals surface area contributed by atoms with E-state index in [2.05, 4.69) is 31.4 Å². The van der Waals surface area contributed by atoms with Gasteiger partial charge in [0.2, 0.25) is 0 Å². The third-order valence-electron chi connectivity index (χ3n) is 6.73. The summed E-state index contributed by atoms with van der Waals surface area (Å²) in [6.07, 6.45) is 0. The molecule has 0 heterocycles. The van der Waals surface area contributed by atoms with Gasteiger partial charge in [0.15, 0.2) is 5.78 Å². The van der Waals surface area contributed by atoms with Crippen LogP contribution in [0.2, 0.25) is 0 Å². The number of ether oxygens (including phenoxy) is 1. The van der Waals surface area contributed by atoms with E-state index in [1.54, 1.807) is 51.1 Å². The molecule has 0 radical (unpaired) electrons. The van der Waals surface area contributed by atoms with Crippen LogP contribution in [0.5, 0.6) is 11.5 Å². The number of benzene rings is 4. The normalized spacial score (nSPS) is 11.4. The Hall–Kier alpha value is -5.44. The average molecular weight is 609 g/mol. The van der Waals surface area contributed by atoms with Crippen molar-refractivity contribution in [3.05, 3.63) is 107 Å². The molecule has 0 atom stereocenters. The average Bonchev–Trinajstić information content (AvgIpc) is 2.97. The predicted octanol–water partition coefficient (Wildman–Crippen LogP) is 8.23. The first-order valence-electron chi connectivity index (χ1n) is 14.3. The molecule has 45 heavy (non-hydrogen) atoms. The van der Waals surface area contributed by atoms with Gasteiger partial charge in [-0.25, -0.2) is 9.59 Å². The highest BCUT2D eigenvalue weighted by atomic mass is 16.5. The quantitative estimate of drug-likeness (QED) is 0.139. The highest BCUT2D eigenvalue weighted by Gasteiger charge is 2.27. The molecule has 4 aromatic rings. The minimum Gasteiger partial charge on any atom is -0.478 e. The van der Waals surface area contributed by atoms with Crippen molar-refractivity contribution in [2.75, 3.05) is 10.6 Å². The van der Waals surface area contributed by atoms with E-state index >= 15 is 0 Å². The van der Waals surface area contributed by atoms with Crippen LogP contribution in [-0.4, -0.2) is 39.4 Å². The van der Waals surface area contributed by atoms with E-state index < -0.39 is 23.3 Å². The second-order valence-electron chi connectivity index (χ2n) is 12.7. The summed E-state index contributed by atoms with van der Waals surface area (Å²) in [7, 11) is 0. The number of hydrogen-bond acceptors (Lipinski definition) is 6. The fourth-order valence-corrected chi connectivity index (χ4v) is 4.58. The Labute approximate surface area is 261 Å². The van der Waals surface area contributed by atoms with Gasteiger partial charge < -0.3 is 25.6 Å². The van der Waals surface area contributed by atoms with Crippen molar-refractivity contribution in [2.24, 2.45) is 5.41 Å². The summed E-state index contributed by atoms with van der Waals surface area (Å²) in [5, 5.41) is 25.8. The summed E-state index contributed by atoms with van der Waals surface area (Å²) in [6.45, 7) is 11.3. The Balaban J connectivity index is 1.51. The molecule has 0 saturated heterocycles. The molecular formula is C36H36N2O7. The van der Waals surface area contributed by atoms with Gasteiger partial charge in [-0.3, -0.25) is 9.59 Å². The van der Waals surface area contributed by atoms with Crippen LogP contribution < -0.4 is 15.4 Å². The molecule has 0 fully saturated rings. The zero-order valence-electron chi connectivity index (χ0n) is 26.0. The van der Waals surface area contributed by atoms with Crippen LogP contribution in [0.15, 0.2) is 84.9 Å². The monoisotopic (exact) mass is 608 g/mol. The topological polar surface area (TPSA) is 142 Å². The first-order valence-corrected chi connectivity index (χ1v) is 14.3. The number of aromatic carboxylic acids is 2. The number of carboxylic acid groups (broad SMARTS) is 2. The van der Waals surface area contributed by atoms with Gasteiger partial charge in [-0.1, -0.05) is 32.9 Å². The van der Waals surface area contributed by atoms with E-state index in [0.29, 0.717) is 28.3 Å². The van der Waals surface area contributed by atoms with Gasteiger partial charge in [0.25, 0.3) is 5.91 Å². The lowest BCUT2D eigenvalue weighted by Crippen LogP contribution is -2.25. The predicted molar refractivity (Wildman–Crippen MR) is 174 cm³/mol. The highest BCUT2D eigenvalue weighted by Crippen LogP contribution is 2.30. The summed E-state index contributed by atoms with van der Waals surface area (Å²) >= 11 is 0. The minimum absolute atomic E-state index is 0.0657. The highest BCUT2D eigenvalue weighted by molar-refractivity contribution is 6.12. The zero-order chi connectivity index (χ0) is 33.1. The van der Waals surface area contributed by atoms with Crippen LogP contribution in [0.1, 0.15) is 83.0 Å². The maximum atomic E-state index is 13.1. The van der Waals surface area contributed by atoms with Crippen LogP contribution in [0.3, 0.4) is 0 Å². The van der Waals surface area contributed by atoms with Crippen LogP contribution >= 0.6 is 0 Å². The molecule has 0 saturated carbocycles. The summed E-state index contributed by atoms with van der Waals surface area (Å²) < 4.78 is 5.90. The molecule has 0 aliphatic heterocycles. The van der Waals surface area contributed by atoms with E-state index in [-0.39, 0.29) is 33.6 Å². The number of ketones is 1. The number of rotatable bonds is 9. The third kappa shape index (κ3) is 8.14. The summed E-state index contributed by atoms with van der Waals surface area (Å²) in [5.41, 5.74) is 0.857. The Kier molecular flexibility index (Phi) is 9.13. The molecule has 0 aliphatic rings. The Morgan fingerprint density at radius 1 is 0.578 bits per heavy atom. The number of amides is 1. The number of hydrogen-bond donors (Lipinski definition) is 4. The Bertz CT molecular complexity index is 1760. The summed E-state index contributed by atoms with van der Waals surface area (Å²) in [5.74, 6) is -2.37. The lowest BCUT2D eigenvalue weighted by atomic mass is 9.83. The number of carbonyl (C=O) groups is 4. The van der Waals surface area contributed by atoms with E-state index in [0.717, 1.165) is 5.69 Å². The Morgan fingerprint density at radius 3 is 1.47 bits per heavy atom. The molecule has 4 rings (SSSR count). The molecule has 9 nitrogen and oxygen atoms in total. The second kappa shape index (κ2) is 12.7. The first-order chi connectivity index (χ1) is 21.0. The van der Waals surface area contributed by atoms with Crippen molar-refractivity contribution >= 4 is 35.0 Å². The molecule has 0 spiro atoms. The van der Waals surface area contributed by atoms with E-state index in [9.17, 15) is 29.4 Å². The number of carbonyl (C=O) groups excluding carboxylic acids is 2. The van der Waals surface area contributed by atoms with Crippen LogP contribution in [0, 0.1) is 5.41 Å². The molecule has 0 aromatic heterocycles. The van der Waals surface area contributed by atoms with E-state index in [1.165, 1.54) is 30.3 Å². The van der Waals surface area contributed by atoms with Gasteiger partial charge in [-0.15, -0.1) is 0 Å².